The Morgan fingerprint density at radius 3 is 2.00 bits per heavy atom. The lowest BCUT2D eigenvalue weighted by atomic mass is 9.76. The number of unbranched alkanes of at least 4 members (excludes halogenated alkanes) is 5. The number of aryl methyl sites for hydroxylation is 1. The Bertz CT molecular complexity index is 651. The molecule has 0 saturated carbocycles. The molecule has 0 saturated heterocycles. The van der Waals surface area contributed by atoms with Crippen LogP contribution in [0.5, 0.6) is 0 Å². The first kappa shape index (κ1) is 20.7. The van der Waals surface area contributed by atoms with E-state index in [-0.39, 0.29) is 5.41 Å². The Morgan fingerprint density at radius 2 is 1.27 bits per heavy atom. The molecule has 0 radical (unpaired) electrons. The topological polar surface area (TPSA) is 0 Å². The Morgan fingerprint density at radius 1 is 0.654 bits per heavy atom. The molecule has 0 bridgehead atoms. The summed E-state index contributed by atoms with van der Waals surface area (Å²) in [6.07, 6.45) is 11.7. The molecular formula is C26H38. The molecule has 0 fully saturated rings. The summed E-state index contributed by atoms with van der Waals surface area (Å²) < 4.78 is 0. The third-order valence-corrected chi connectivity index (χ3v) is 5.67. The molecule has 0 heteroatoms. The summed E-state index contributed by atoms with van der Waals surface area (Å²) in [5.41, 5.74) is 6.14. The Balaban J connectivity index is 2.29. The highest BCUT2D eigenvalue weighted by molar-refractivity contribution is 5.72. The normalized spacial score (nSPS) is 11.7. The zero-order valence-corrected chi connectivity index (χ0v) is 17.5. The van der Waals surface area contributed by atoms with Crippen LogP contribution >= 0.6 is 0 Å². The number of hydrogen-bond donors (Lipinski definition) is 0. The first-order chi connectivity index (χ1) is 12.6. The average Bonchev–Trinajstić information content (AvgIpc) is 2.66. The van der Waals surface area contributed by atoms with Crippen LogP contribution in [0.4, 0.5) is 0 Å². The lowest BCUT2D eigenvalue weighted by Gasteiger charge is -2.29. The van der Waals surface area contributed by atoms with Crippen molar-refractivity contribution < 1.29 is 0 Å². The van der Waals surface area contributed by atoms with Crippen LogP contribution in [0.2, 0.25) is 0 Å². The average molecular weight is 351 g/mol. The maximum absolute atomic E-state index is 2.43. The van der Waals surface area contributed by atoms with Gasteiger partial charge in [-0.05, 0) is 46.9 Å². The molecule has 0 nitrogen and oxygen atoms in total. The standard InChI is InChI=1S/C26H38/c1-5-7-9-15-21-26(3,4)25-20-14-13-19-24(25)23-18-12-11-17-22(23)16-10-8-6-2/h11-14,17-20H,5-10,15-16,21H2,1-4H3. The van der Waals surface area contributed by atoms with Gasteiger partial charge < -0.3 is 0 Å². The van der Waals surface area contributed by atoms with Gasteiger partial charge >= 0.3 is 0 Å². The van der Waals surface area contributed by atoms with E-state index in [1.54, 1.807) is 0 Å². The highest BCUT2D eigenvalue weighted by atomic mass is 14.3. The molecular weight excluding hydrogens is 312 g/mol. The van der Waals surface area contributed by atoms with Gasteiger partial charge in [0, 0.05) is 0 Å². The van der Waals surface area contributed by atoms with E-state index >= 15 is 0 Å². The molecule has 0 heterocycles. The second-order valence-corrected chi connectivity index (χ2v) is 8.35. The Labute approximate surface area is 162 Å². The molecule has 0 N–H and O–H groups in total. The van der Waals surface area contributed by atoms with E-state index in [4.69, 9.17) is 0 Å². The summed E-state index contributed by atoms with van der Waals surface area (Å²) >= 11 is 0. The summed E-state index contributed by atoms with van der Waals surface area (Å²) in [5, 5.41) is 0. The van der Waals surface area contributed by atoms with Gasteiger partial charge in [-0.25, -0.2) is 0 Å². The summed E-state index contributed by atoms with van der Waals surface area (Å²) in [7, 11) is 0. The molecule has 2 aromatic rings. The first-order valence-corrected chi connectivity index (χ1v) is 10.8. The summed E-state index contributed by atoms with van der Waals surface area (Å²) in [5.74, 6) is 0. The third-order valence-electron chi connectivity index (χ3n) is 5.67. The van der Waals surface area contributed by atoms with E-state index in [1.807, 2.05) is 0 Å². The minimum absolute atomic E-state index is 0.223. The Kier molecular flexibility index (Phi) is 8.42. The maximum Gasteiger partial charge on any atom is -0.00974 e. The highest BCUT2D eigenvalue weighted by Gasteiger charge is 2.24. The summed E-state index contributed by atoms with van der Waals surface area (Å²) in [6, 6.07) is 18.2. The summed E-state index contributed by atoms with van der Waals surface area (Å²) in [6.45, 7) is 9.42. The van der Waals surface area contributed by atoms with Crippen LogP contribution in [0.15, 0.2) is 48.5 Å². The molecule has 2 aromatic carbocycles. The molecule has 0 unspecified atom stereocenters. The fraction of sp³-hybridized carbons (Fsp3) is 0.538. The van der Waals surface area contributed by atoms with E-state index in [2.05, 4.69) is 76.2 Å². The fourth-order valence-corrected chi connectivity index (χ4v) is 4.00. The Hall–Kier alpha value is -1.56. The van der Waals surface area contributed by atoms with Crippen molar-refractivity contribution in [3.05, 3.63) is 59.7 Å². The van der Waals surface area contributed by atoms with E-state index in [0.717, 1.165) is 0 Å². The lowest BCUT2D eigenvalue weighted by molar-refractivity contribution is 0.447. The number of hydrogen-bond acceptors (Lipinski definition) is 0. The molecule has 142 valence electrons. The van der Waals surface area contributed by atoms with Crippen LogP contribution in [0.3, 0.4) is 0 Å². The molecule has 0 aliphatic heterocycles. The van der Waals surface area contributed by atoms with Gasteiger partial charge in [-0.1, -0.05) is 115 Å². The molecule has 0 aliphatic rings. The molecule has 0 aliphatic carbocycles. The minimum Gasteiger partial charge on any atom is -0.0654 e. The smallest absolute Gasteiger partial charge is 0.00974 e. The van der Waals surface area contributed by atoms with Crippen LogP contribution in [0, 0.1) is 0 Å². The van der Waals surface area contributed by atoms with Crippen molar-refractivity contribution in [2.45, 2.75) is 90.9 Å². The van der Waals surface area contributed by atoms with Gasteiger partial charge in [0.25, 0.3) is 0 Å². The van der Waals surface area contributed by atoms with Crippen LogP contribution in [0.25, 0.3) is 11.1 Å². The quantitative estimate of drug-likeness (QED) is 0.357. The largest absolute Gasteiger partial charge is 0.0654 e. The predicted octanol–water partition coefficient (Wildman–Crippen LogP) is 8.33. The van der Waals surface area contributed by atoms with Gasteiger partial charge in [0.1, 0.15) is 0 Å². The molecule has 0 amide bonds. The van der Waals surface area contributed by atoms with Gasteiger partial charge in [0.15, 0.2) is 0 Å². The van der Waals surface area contributed by atoms with Gasteiger partial charge in [-0.2, -0.15) is 0 Å². The highest BCUT2D eigenvalue weighted by Crippen LogP contribution is 2.38. The molecule has 2 rings (SSSR count). The zero-order chi connectivity index (χ0) is 18.8. The molecule has 26 heavy (non-hydrogen) atoms. The van der Waals surface area contributed by atoms with Crippen molar-refractivity contribution >= 4 is 0 Å². The monoisotopic (exact) mass is 350 g/mol. The second-order valence-electron chi connectivity index (χ2n) is 8.35. The van der Waals surface area contributed by atoms with Crippen molar-refractivity contribution in [3.8, 4) is 11.1 Å². The third kappa shape index (κ3) is 5.73. The van der Waals surface area contributed by atoms with Crippen LogP contribution in [-0.2, 0) is 11.8 Å². The molecule has 0 atom stereocenters. The van der Waals surface area contributed by atoms with Crippen molar-refractivity contribution in [2.24, 2.45) is 0 Å². The second kappa shape index (κ2) is 10.6. The first-order valence-electron chi connectivity index (χ1n) is 10.8. The van der Waals surface area contributed by atoms with Gasteiger partial charge in [0.05, 0.1) is 0 Å². The van der Waals surface area contributed by atoms with Crippen LogP contribution in [-0.4, -0.2) is 0 Å². The van der Waals surface area contributed by atoms with E-state index in [1.165, 1.54) is 80.0 Å². The summed E-state index contributed by atoms with van der Waals surface area (Å²) in [4.78, 5) is 0. The zero-order valence-electron chi connectivity index (χ0n) is 17.5. The molecule has 0 aromatic heterocycles. The predicted molar refractivity (Wildman–Crippen MR) is 117 cm³/mol. The fourth-order valence-electron chi connectivity index (χ4n) is 4.00. The minimum atomic E-state index is 0.223. The van der Waals surface area contributed by atoms with Crippen molar-refractivity contribution in [2.75, 3.05) is 0 Å². The van der Waals surface area contributed by atoms with Crippen LogP contribution < -0.4 is 0 Å². The number of benzene rings is 2. The van der Waals surface area contributed by atoms with E-state index in [9.17, 15) is 0 Å². The maximum atomic E-state index is 2.43. The van der Waals surface area contributed by atoms with Gasteiger partial charge in [-0.3, -0.25) is 0 Å². The SMILES string of the molecule is CCCCCCC(C)(C)c1ccccc1-c1ccccc1CCCCC. The van der Waals surface area contributed by atoms with E-state index in [0.29, 0.717) is 0 Å². The van der Waals surface area contributed by atoms with Gasteiger partial charge in [-0.15, -0.1) is 0 Å². The van der Waals surface area contributed by atoms with Gasteiger partial charge in [0.2, 0.25) is 0 Å². The number of rotatable bonds is 11. The lowest BCUT2D eigenvalue weighted by Crippen LogP contribution is -2.18. The van der Waals surface area contributed by atoms with Crippen molar-refractivity contribution in [1.82, 2.24) is 0 Å². The van der Waals surface area contributed by atoms with E-state index < -0.39 is 0 Å². The molecule has 0 spiro atoms. The van der Waals surface area contributed by atoms with Crippen LogP contribution in [0.1, 0.15) is 90.2 Å². The van der Waals surface area contributed by atoms with Crippen molar-refractivity contribution in [1.29, 1.82) is 0 Å². The van der Waals surface area contributed by atoms with Crippen molar-refractivity contribution in [3.63, 3.8) is 0 Å².